The number of aromatic nitrogens is 2. The summed E-state index contributed by atoms with van der Waals surface area (Å²) < 4.78 is 9.85. The Labute approximate surface area is 106 Å². The van der Waals surface area contributed by atoms with Gasteiger partial charge >= 0.3 is 5.97 Å². The van der Waals surface area contributed by atoms with Gasteiger partial charge < -0.3 is 14.4 Å². The topological polar surface area (TPSA) is 64.5 Å². The molecule has 0 radical (unpaired) electrons. The molecular formula is C12H17N3O3. The molecule has 1 aromatic heterocycles. The number of carbonyl (C=O) groups is 1. The molecule has 2 unspecified atom stereocenters. The highest BCUT2D eigenvalue weighted by Gasteiger charge is 2.36. The molecule has 6 heteroatoms. The van der Waals surface area contributed by atoms with Gasteiger partial charge in [-0.15, -0.1) is 0 Å². The molecule has 0 bridgehead atoms. The minimum Gasteiger partial charge on any atom is -0.480 e. The summed E-state index contributed by atoms with van der Waals surface area (Å²) >= 11 is 0. The van der Waals surface area contributed by atoms with Crippen LogP contribution in [0.2, 0.25) is 0 Å². The Kier molecular flexibility index (Phi) is 3.64. The van der Waals surface area contributed by atoms with Gasteiger partial charge in [0, 0.05) is 13.1 Å². The van der Waals surface area contributed by atoms with E-state index in [1.807, 2.05) is 11.8 Å². The van der Waals surface area contributed by atoms with Crippen molar-refractivity contribution >= 4 is 11.8 Å². The van der Waals surface area contributed by atoms with Crippen molar-refractivity contribution in [2.24, 2.45) is 11.8 Å². The molecule has 0 saturated carbocycles. The maximum Gasteiger partial charge on any atom is 0.310 e. The van der Waals surface area contributed by atoms with Gasteiger partial charge in [-0.2, -0.15) is 4.98 Å². The molecule has 6 nitrogen and oxygen atoms in total. The van der Waals surface area contributed by atoms with E-state index in [1.54, 1.807) is 19.5 Å². The van der Waals surface area contributed by atoms with E-state index in [-0.39, 0.29) is 17.8 Å². The molecule has 18 heavy (non-hydrogen) atoms. The third kappa shape index (κ3) is 2.37. The molecular weight excluding hydrogens is 234 g/mol. The molecule has 98 valence electrons. The first-order valence-corrected chi connectivity index (χ1v) is 5.84. The van der Waals surface area contributed by atoms with Gasteiger partial charge in [-0.05, 0) is 5.92 Å². The summed E-state index contributed by atoms with van der Waals surface area (Å²) in [5.41, 5.74) is 0. The van der Waals surface area contributed by atoms with Crippen molar-refractivity contribution < 1.29 is 14.3 Å². The van der Waals surface area contributed by atoms with Crippen molar-refractivity contribution in [2.75, 3.05) is 32.2 Å². The van der Waals surface area contributed by atoms with Gasteiger partial charge in [0.15, 0.2) is 5.82 Å². The highest BCUT2D eigenvalue weighted by Crippen LogP contribution is 2.28. The van der Waals surface area contributed by atoms with Crippen molar-refractivity contribution in [1.29, 1.82) is 0 Å². The van der Waals surface area contributed by atoms with Crippen LogP contribution in [0.4, 0.5) is 5.82 Å². The second-order valence-electron chi connectivity index (χ2n) is 4.43. The number of anilines is 1. The van der Waals surface area contributed by atoms with Crippen molar-refractivity contribution in [1.82, 2.24) is 9.97 Å². The average molecular weight is 251 g/mol. The maximum absolute atomic E-state index is 11.6. The molecule has 2 heterocycles. The van der Waals surface area contributed by atoms with E-state index in [1.165, 1.54) is 7.11 Å². The van der Waals surface area contributed by atoms with E-state index in [0.29, 0.717) is 12.4 Å². The van der Waals surface area contributed by atoms with Crippen LogP contribution < -0.4 is 9.64 Å². The summed E-state index contributed by atoms with van der Waals surface area (Å²) in [5, 5.41) is 0. The molecule has 0 N–H and O–H groups in total. The van der Waals surface area contributed by atoms with Crippen molar-refractivity contribution in [3.8, 4) is 5.88 Å². The summed E-state index contributed by atoms with van der Waals surface area (Å²) in [5.74, 6) is 1.17. The van der Waals surface area contributed by atoms with E-state index in [2.05, 4.69) is 9.97 Å². The standard InChI is InChI=1S/C12H17N3O3/c1-8-6-15(7-9(8)12(16)18-3)10-4-13-5-11(14-10)17-2/h4-5,8-9H,6-7H2,1-3H3. The quantitative estimate of drug-likeness (QED) is 0.738. The number of rotatable bonds is 3. The van der Waals surface area contributed by atoms with Gasteiger partial charge in [-0.25, -0.2) is 0 Å². The van der Waals surface area contributed by atoms with Crippen LogP contribution in [-0.2, 0) is 9.53 Å². The van der Waals surface area contributed by atoms with Gasteiger partial charge in [0.2, 0.25) is 5.88 Å². The SMILES string of the molecule is COC(=O)C1CN(c2cncc(OC)n2)CC1C. The van der Waals surface area contributed by atoms with Crippen LogP contribution in [0.1, 0.15) is 6.92 Å². The summed E-state index contributed by atoms with van der Waals surface area (Å²) in [7, 11) is 2.97. The number of nitrogens with zero attached hydrogens (tertiary/aromatic N) is 3. The van der Waals surface area contributed by atoms with Crippen LogP contribution in [0.5, 0.6) is 5.88 Å². The molecule has 0 aliphatic carbocycles. The number of ether oxygens (including phenoxy) is 2. The van der Waals surface area contributed by atoms with Crippen molar-refractivity contribution in [3.63, 3.8) is 0 Å². The lowest BCUT2D eigenvalue weighted by Crippen LogP contribution is -2.25. The number of methoxy groups -OCH3 is 2. The molecule has 2 rings (SSSR count). The Morgan fingerprint density at radius 2 is 2.17 bits per heavy atom. The van der Waals surface area contributed by atoms with E-state index in [4.69, 9.17) is 9.47 Å². The van der Waals surface area contributed by atoms with Crippen molar-refractivity contribution in [2.45, 2.75) is 6.92 Å². The van der Waals surface area contributed by atoms with Gasteiger partial charge in [-0.1, -0.05) is 6.92 Å². The third-order valence-electron chi connectivity index (χ3n) is 3.25. The largest absolute Gasteiger partial charge is 0.480 e. The summed E-state index contributed by atoms with van der Waals surface area (Å²) in [6.07, 6.45) is 3.23. The lowest BCUT2D eigenvalue weighted by molar-refractivity contribution is -0.145. The molecule has 0 amide bonds. The smallest absolute Gasteiger partial charge is 0.310 e. The summed E-state index contributed by atoms with van der Waals surface area (Å²) in [4.78, 5) is 22.0. The zero-order chi connectivity index (χ0) is 13.1. The molecule has 1 saturated heterocycles. The lowest BCUT2D eigenvalue weighted by Gasteiger charge is -2.16. The molecule has 1 aliphatic heterocycles. The van der Waals surface area contributed by atoms with E-state index in [0.717, 1.165) is 12.4 Å². The summed E-state index contributed by atoms with van der Waals surface area (Å²) in [6, 6.07) is 0. The average Bonchev–Trinajstić information content (AvgIpc) is 2.80. The number of hydrogen-bond donors (Lipinski definition) is 0. The Morgan fingerprint density at radius 1 is 1.39 bits per heavy atom. The first-order valence-electron chi connectivity index (χ1n) is 5.84. The minimum absolute atomic E-state index is 0.108. The Bertz CT molecular complexity index is 438. The molecule has 1 aliphatic rings. The van der Waals surface area contributed by atoms with Crippen molar-refractivity contribution in [3.05, 3.63) is 12.4 Å². The van der Waals surface area contributed by atoms with Crippen LogP contribution in [0.25, 0.3) is 0 Å². The maximum atomic E-state index is 11.6. The molecule has 0 spiro atoms. The number of hydrogen-bond acceptors (Lipinski definition) is 6. The zero-order valence-electron chi connectivity index (χ0n) is 10.8. The van der Waals surface area contributed by atoms with E-state index < -0.39 is 0 Å². The second-order valence-corrected chi connectivity index (χ2v) is 4.43. The fraction of sp³-hybridized carbons (Fsp3) is 0.583. The Morgan fingerprint density at radius 3 is 2.83 bits per heavy atom. The van der Waals surface area contributed by atoms with Crippen LogP contribution in [0.3, 0.4) is 0 Å². The monoisotopic (exact) mass is 251 g/mol. The van der Waals surface area contributed by atoms with Crippen LogP contribution in [0, 0.1) is 11.8 Å². The number of carbonyl (C=O) groups excluding carboxylic acids is 1. The molecule has 1 fully saturated rings. The normalized spacial score (nSPS) is 22.9. The fourth-order valence-electron chi connectivity index (χ4n) is 2.20. The van der Waals surface area contributed by atoms with Crippen LogP contribution in [-0.4, -0.2) is 43.2 Å². The van der Waals surface area contributed by atoms with Gasteiger partial charge in [0.05, 0.1) is 32.5 Å². The first-order chi connectivity index (χ1) is 8.65. The van der Waals surface area contributed by atoms with Gasteiger partial charge in [0.25, 0.3) is 0 Å². The molecule has 0 aromatic carbocycles. The second kappa shape index (κ2) is 5.20. The highest BCUT2D eigenvalue weighted by atomic mass is 16.5. The number of esters is 1. The van der Waals surface area contributed by atoms with Gasteiger partial charge in [-0.3, -0.25) is 9.78 Å². The molecule has 1 aromatic rings. The third-order valence-corrected chi connectivity index (χ3v) is 3.25. The lowest BCUT2D eigenvalue weighted by atomic mass is 9.99. The minimum atomic E-state index is -0.166. The fourth-order valence-corrected chi connectivity index (χ4v) is 2.20. The Hall–Kier alpha value is -1.85. The van der Waals surface area contributed by atoms with Crippen LogP contribution in [0.15, 0.2) is 12.4 Å². The molecule has 2 atom stereocenters. The Balaban J connectivity index is 2.13. The van der Waals surface area contributed by atoms with E-state index >= 15 is 0 Å². The highest BCUT2D eigenvalue weighted by molar-refractivity contribution is 5.74. The van der Waals surface area contributed by atoms with Crippen LogP contribution >= 0.6 is 0 Å². The van der Waals surface area contributed by atoms with E-state index in [9.17, 15) is 4.79 Å². The summed E-state index contributed by atoms with van der Waals surface area (Å²) in [6.45, 7) is 3.41. The van der Waals surface area contributed by atoms with Gasteiger partial charge in [0.1, 0.15) is 0 Å². The predicted molar refractivity (Wildman–Crippen MR) is 65.5 cm³/mol. The first kappa shape index (κ1) is 12.6. The zero-order valence-corrected chi connectivity index (χ0v) is 10.8. The predicted octanol–water partition coefficient (Wildman–Crippen LogP) is 0.730.